The number of hydrogen-bond donors (Lipinski definition) is 2. The van der Waals surface area contributed by atoms with Gasteiger partial charge >= 0.3 is 0 Å². The SMILES string of the molecule is CC(C)c1nn(C)c(Cl)c1CNCC(O)c1ccccc1.Cl. The van der Waals surface area contributed by atoms with Crippen LogP contribution in [0.4, 0.5) is 0 Å². The zero-order valence-corrected chi connectivity index (χ0v) is 14.7. The van der Waals surface area contributed by atoms with Gasteiger partial charge in [-0.1, -0.05) is 55.8 Å². The van der Waals surface area contributed by atoms with E-state index >= 15 is 0 Å². The van der Waals surface area contributed by atoms with Gasteiger partial charge in [0.1, 0.15) is 5.15 Å². The summed E-state index contributed by atoms with van der Waals surface area (Å²) in [6, 6.07) is 9.63. The Hall–Kier alpha value is -1.07. The molecule has 1 heterocycles. The van der Waals surface area contributed by atoms with Crippen LogP contribution in [0.25, 0.3) is 0 Å². The molecular weight excluding hydrogens is 321 g/mol. The molecule has 0 amide bonds. The molecule has 0 bridgehead atoms. The molecule has 1 atom stereocenters. The molecule has 0 radical (unpaired) electrons. The van der Waals surface area contributed by atoms with E-state index in [-0.39, 0.29) is 12.4 Å². The second-order valence-electron chi connectivity index (χ2n) is 5.49. The van der Waals surface area contributed by atoms with Crippen molar-refractivity contribution in [2.45, 2.75) is 32.4 Å². The molecule has 0 spiro atoms. The predicted octanol–water partition coefficient (Wildman–Crippen LogP) is 3.44. The normalized spacial score (nSPS) is 12.3. The van der Waals surface area contributed by atoms with Gasteiger partial charge in [-0.2, -0.15) is 5.10 Å². The number of aliphatic hydroxyl groups excluding tert-OH is 1. The van der Waals surface area contributed by atoms with Crippen molar-refractivity contribution in [2.75, 3.05) is 6.54 Å². The van der Waals surface area contributed by atoms with E-state index in [0.29, 0.717) is 24.2 Å². The summed E-state index contributed by atoms with van der Waals surface area (Å²) < 4.78 is 1.70. The zero-order chi connectivity index (χ0) is 15.4. The fraction of sp³-hybridized carbons (Fsp3) is 0.438. The monoisotopic (exact) mass is 343 g/mol. The lowest BCUT2D eigenvalue weighted by atomic mass is 10.1. The molecule has 0 saturated heterocycles. The maximum Gasteiger partial charge on any atom is 0.131 e. The molecule has 0 aliphatic rings. The first-order valence-corrected chi connectivity index (χ1v) is 7.53. The van der Waals surface area contributed by atoms with Crippen molar-refractivity contribution in [3.8, 4) is 0 Å². The molecule has 122 valence electrons. The Labute approximate surface area is 142 Å². The summed E-state index contributed by atoms with van der Waals surface area (Å²) in [5, 5.41) is 18.5. The second kappa shape index (κ2) is 8.53. The van der Waals surface area contributed by atoms with Crippen LogP contribution in [0.5, 0.6) is 0 Å². The molecule has 2 rings (SSSR count). The highest BCUT2D eigenvalue weighted by atomic mass is 35.5. The van der Waals surface area contributed by atoms with E-state index in [0.717, 1.165) is 16.8 Å². The van der Waals surface area contributed by atoms with E-state index in [2.05, 4.69) is 24.3 Å². The van der Waals surface area contributed by atoms with Crippen molar-refractivity contribution >= 4 is 24.0 Å². The van der Waals surface area contributed by atoms with E-state index in [1.54, 1.807) is 4.68 Å². The molecule has 0 aliphatic heterocycles. The van der Waals surface area contributed by atoms with Crippen LogP contribution < -0.4 is 5.32 Å². The van der Waals surface area contributed by atoms with Crippen molar-refractivity contribution in [2.24, 2.45) is 7.05 Å². The largest absolute Gasteiger partial charge is 0.387 e. The summed E-state index contributed by atoms with van der Waals surface area (Å²) in [5.74, 6) is 0.319. The molecule has 6 heteroatoms. The molecule has 4 nitrogen and oxygen atoms in total. The average Bonchev–Trinajstić information content (AvgIpc) is 2.76. The summed E-state index contributed by atoms with van der Waals surface area (Å²) >= 11 is 6.29. The Balaban J connectivity index is 0.00000242. The summed E-state index contributed by atoms with van der Waals surface area (Å²) in [4.78, 5) is 0. The third-order valence-corrected chi connectivity index (χ3v) is 3.94. The van der Waals surface area contributed by atoms with Crippen LogP contribution in [0.3, 0.4) is 0 Å². The van der Waals surface area contributed by atoms with Crippen molar-refractivity contribution in [3.63, 3.8) is 0 Å². The standard InChI is InChI=1S/C16H22ClN3O.ClH/c1-11(2)15-13(16(17)20(3)19-15)9-18-10-14(21)12-7-5-4-6-8-12;/h4-8,11,14,18,21H,9-10H2,1-3H3;1H. The van der Waals surface area contributed by atoms with Gasteiger partial charge < -0.3 is 10.4 Å². The summed E-state index contributed by atoms with van der Waals surface area (Å²) in [6.45, 7) is 5.28. The van der Waals surface area contributed by atoms with Crippen LogP contribution in [-0.2, 0) is 13.6 Å². The highest BCUT2D eigenvalue weighted by molar-refractivity contribution is 6.30. The molecule has 0 aliphatic carbocycles. The molecule has 0 fully saturated rings. The van der Waals surface area contributed by atoms with E-state index in [9.17, 15) is 5.11 Å². The molecule has 22 heavy (non-hydrogen) atoms. The predicted molar refractivity (Wildman–Crippen MR) is 92.7 cm³/mol. The number of nitrogens with zero attached hydrogens (tertiary/aromatic N) is 2. The minimum Gasteiger partial charge on any atom is -0.387 e. The van der Waals surface area contributed by atoms with Gasteiger partial charge in [0.05, 0.1) is 11.8 Å². The highest BCUT2D eigenvalue weighted by Gasteiger charge is 2.17. The van der Waals surface area contributed by atoms with Crippen LogP contribution >= 0.6 is 24.0 Å². The molecule has 1 unspecified atom stereocenters. The van der Waals surface area contributed by atoms with Gasteiger partial charge in [0, 0.05) is 25.7 Å². The summed E-state index contributed by atoms with van der Waals surface area (Å²) in [5.41, 5.74) is 2.92. The summed E-state index contributed by atoms with van der Waals surface area (Å²) in [7, 11) is 1.84. The Kier molecular flexibility index (Phi) is 7.36. The maximum absolute atomic E-state index is 10.1. The molecule has 1 aromatic carbocycles. The van der Waals surface area contributed by atoms with Gasteiger partial charge in [-0.05, 0) is 11.5 Å². The van der Waals surface area contributed by atoms with E-state index in [1.165, 1.54) is 0 Å². The van der Waals surface area contributed by atoms with Crippen LogP contribution in [0.1, 0.15) is 42.7 Å². The first-order chi connectivity index (χ1) is 10.0. The topological polar surface area (TPSA) is 50.1 Å². The van der Waals surface area contributed by atoms with Crippen molar-refractivity contribution in [1.29, 1.82) is 0 Å². The van der Waals surface area contributed by atoms with E-state index in [4.69, 9.17) is 11.6 Å². The smallest absolute Gasteiger partial charge is 0.131 e. The Bertz CT molecular complexity index is 585. The third-order valence-electron chi connectivity index (χ3n) is 3.47. The van der Waals surface area contributed by atoms with Crippen LogP contribution in [0.2, 0.25) is 5.15 Å². The Morgan fingerprint density at radius 3 is 2.50 bits per heavy atom. The van der Waals surface area contributed by atoms with Gasteiger partial charge in [-0.15, -0.1) is 12.4 Å². The molecular formula is C16H23Cl2N3O. The number of halogens is 2. The van der Waals surface area contributed by atoms with Gasteiger partial charge in [-0.25, -0.2) is 0 Å². The van der Waals surface area contributed by atoms with Crippen molar-refractivity contribution < 1.29 is 5.11 Å². The zero-order valence-electron chi connectivity index (χ0n) is 13.1. The molecule has 0 saturated carbocycles. The molecule has 1 aromatic heterocycles. The minimum atomic E-state index is -0.524. The highest BCUT2D eigenvalue weighted by Crippen LogP contribution is 2.25. The third kappa shape index (κ3) is 4.46. The van der Waals surface area contributed by atoms with Gasteiger partial charge in [0.15, 0.2) is 0 Å². The number of aryl methyl sites for hydroxylation is 1. The Morgan fingerprint density at radius 2 is 1.91 bits per heavy atom. The number of rotatable bonds is 6. The van der Waals surface area contributed by atoms with E-state index in [1.807, 2.05) is 37.4 Å². The maximum atomic E-state index is 10.1. The fourth-order valence-electron chi connectivity index (χ4n) is 2.32. The van der Waals surface area contributed by atoms with Crippen LogP contribution in [0, 0.1) is 0 Å². The number of aromatic nitrogens is 2. The Morgan fingerprint density at radius 1 is 1.27 bits per heavy atom. The lowest BCUT2D eigenvalue weighted by molar-refractivity contribution is 0.174. The van der Waals surface area contributed by atoms with Gasteiger partial charge in [0.2, 0.25) is 0 Å². The fourth-order valence-corrected chi connectivity index (χ4v) is 2.52. The summed E-state index contributed by atoms with van der Waals surface area (Å²) in [6.07, 6.45) is -0.524. The van der Waals surface area contributed by atoms with Crippen molar-refractivity contribution in [3.05, 3.63) is 52.3 Å². The van der Waals surface area contributed by atoms with E-state index < -0.39 is 6.10 Å². The molecule has 2 aromatic rings. The number of benzene rings is 1. The average molecular weight is 344 g/mol. The van der Waals surface area contributed by atoms with Crippen molar-refractivity contribution in [1.82, 2.24) is 15.1 Å². The second-order valence-corrected chi connectivity index (χ2v) is 5.85. The minimum absolute atomic E-state index is 0. The lowest BCUT2D eigenvalue weighted by Crippen LogP contribution is -2.21. The first kappa shape index (κ1) is 19.0. The van der Waals surface area contributed by atoms with Gasteiger partial charge in [-0.3, -0.25) is 4.68 Å². The molecule has 2 N–H and O–H groups in total. The first-order valence-electron chi connectivity index (χ1n) is 7.15. The van der Waals surface area contributed by atoms with Gasteiger partial charge in [0.25, 0.3) is 0 Å². The van der Waals surface area contributed by atoms with Crippen LogP contribution in [0.15, 0.2) is 30.3 Å². The lowest BCUT2D eigenvalue weighted by Gasteiger charge is -2.13. The number of hydrogen-bond acceptors (Lipinski definition) is 3. The number of aliphatic hydroxyl groups is 1. The quantitative estimate of drug-likeness (QED) is 0.844. The van der Waals surface area contributed by atoms with Crippen LogP contribution in [-0.4, -0.2) is 21.4 Å². The number of nitrogens with one attached hydrogen (secondary N) is 1.